The minimum Gasteiger partial charge on any atom is -0.480 e. The van der Waals surface area contributed by atoms with Crippen LogP contribution in [-0.4, -0.2) is 37.0 Å². The summed E-state index contributed by atoms with van der Waals surface area (Å²) in [5.41, 5.74) is 1.90. The number of aryl methyl sites for hydroxylation is 1. The van der Waals surface area contributed by atoms with Crippen LogP contribution in [0.2, 0.25) is 0 Å². The molecular formula is C14H19NO5. The number of nitrogens with one attached hydrogen (secondary N) is 1. The highest BCUT2D eigenvalue weighted by molar-refractivity contribution is 5.91. The van der Waals surface area contributed by atoms with Crippen LogP contribution in [0.15, 0.2) is 24.3 Å². The lowest BCUT2D eigenvalue weighted by atomic mass is 10.1. The van der Waals surface area contributed by atoms with Crippen molar-refractivity contribution in [2.75, 3.05) is 18.5 Å². The Labute approximate surface area is 117 Å². The van der Waals surface area contributed by atoms with Gasteiger partial charge in [-0.15, -0.1) is 0 Å². The second kappa shape index (κ2) is 10.7. The highest BCUT2D eigenvalue weighted by Crippen LogP contribution is 2.10. The molecule has 0 aromatic heterocycles. The van der Waals surface area contributed by atoms with Gasteiger partial charge in [0.1, 0.15) is 20.0 Å². The lowest BCUT2D eigenvalue weighted by Gasteiger charge is -2.06. The van der Waals surface area contributed by atoms with Crippen molar-refractivity contribution in [2.24, 2.45) is 0 Å². The molecule has 0 aliphatic rings. The third-order valence-electron chi connectivity index (χ3n) is 2.24. The van der Waals surface area contributed by atoms with Crippen molar-refractivity contribution in [1.82, 2.24) is 0 Å². The topological polar surface area (TPSA) is 92.7 Å². The van der Waals surface area contributed by atoms with Crippen molar-refractivity contribution >= 4 is 24.4 Å². The van der Waals surface area contributed by atoms with Gasteiger partial charge < -0.3 is 20.0 Å². The average Bonchev–Trinajstić information content (AvgIpc) is 2.43. The molecule has 0 radical (unpaired) electrons. The monoisotopic (exact) mass is 281 g/mol. The van der Waals surface area contributed by atoms with Crippen molar-refractivity contribution in [3.63, 3.8) is 0 Å². The smallest absolute Gasteiger partial charge is 0.329 e. The summed E-state index contributed by atoms with van der Waals surface area (Å²) in [5, 5.41) is 11.0. The number of aliphatic carboxylic acids is 1. The van der Waals surface area contributed by atoms with Gasteiger partial charge in [0.25, 0.3) is 0 Å². The number of carboxylic acids is 1. The number of carbonyl (C=O) groups excluding carboxylic acids is 2. The summed E-state index contributed by atoms with van der Waals surface area (Å²) in [6.45, 7) is 3.38. The van der Waals surface area contributed by atoms with E-state index in [4.69, 9.17) is 9.90 Å². The number of ether oxygens (including phenoxy) is 1. The summed E-state index contributed by atoms with van der Waals surface area (Å²) < 4.78 is 4.68. The third-order valence-corrected chi connectivity index (χ3v) is 2.24. The van der Waals surface area contributed by atoms with Gasteiger partial charge in [0.2, 0.25) is 5.91 Å². The Hall–Kier alpha value is -2.21. The highest BCUT2D eigenvalue weighted by atomic mass is 16.5. The van der Waals surface area contributed by atoms with E-state index in [0.717, 1.165) is 12.8 Å². The summed E-state index contributed by atoms with van der Waals surface area (Å²) in [6.07, 6.45) is 2.09. The zero-order chi connectivity index (χ0) is 15.4. The molecule has 0 aliphatic carbocycles. The molecule has 1 amide bonds. The largest absolute Gasteiger partial charge is 0.480 e. The molecule has 1 aromatic rings. The van der Waals surface area contributed by atoms with Gasteiger partial charge in [-0.25, -0.2) is 4.79 Å². The summed E-state index contributed by atoms with van der Waals surface area (Å²) in [5.74, 6) is -1.45. The first-order valence-corrected chi connectivity index (χ1v) is 6.09. The molecule has 0 heterocycles. The molecule has 0 spiro atoms. The fourth-order valence-electron chi connectivity index (χ4n) is 1.47. The maximum absolute atomic E-state index is 11.4. The Morgan fingerprint density at radius 3 is 2.30 bits per heavy atom. The van der Waals surface area contributed by atoms with Crippen LogP contribution in [0.4, 0.5) is 5.69 Å². The van der Waals surface area contributed by atoms with Crippen LogP contribution >= 0.6 is 0 Å². The van der Waals surface area contributed by atoms with Gasteiger partial charge in [0.05, 0.1) is 0 Å². The first-order chi connectivity index (χ1) is 9.61. The van der Waals surface area contributed by atoms with E-state index in [-0.39, 0.29) is 12.5 Å². The highest BCUT2D eigenvalue weighted by Gasteiger charge is 2.04. The molecule has 0 fully saturated rings. The molecule has 0 atom stereocenters. The van der Waals surface area contributed by atoms with Gasteiger partial charge in [-0.2, -0.15) is 0 Å². The van der Waals surface area contributed by atoms with Crippen molar-refractivity contribution in [2.45, 2.75) is 19.8 Å². The molecule has 0 aliphatic heterocycles. The van der Waals surface area contributed by atoms with Crippen molar-refractivity contribution in [3.8, 4) is 0 Å². The predicted octanol–water partition coefficient (Wildman–Crippen LogP) is 1.49. The van der Waals surface area contributed by atoms with Crippen LogP contribution < -0.4 is 5.32 Å². The van der Waals surface area contributed by atoms with Crippen LogP contribution in [0.25, 0.3) is 0 Å². The van der Waals surface area contributed by atoms with Gasteiger partial charge >= 0.3 is 5.97 Å². The number of hydrogen-bond donors (Lipinski definition) is 2. The van der Waals surface area contributed by atoms with E-state index >= 15 is 0 Å². The van der Waals surface area contributed by atoms with Crippen molar-refractivity contribution in [3.05, 3.63) is 29.8 Å². The maximum atomic E-state index is 11.4. The molecule has 2 N–H and O–H groups in total. The summed E-state index contributed by atoms with van der Waals surface area (Å²) >= 11 is 0. The van der Waals surface area contributed by atoms with E-state index in [0.29, 0.717) is 5.69 Å². The van der Waals surface area contributed by atoms with Gasteiger partial charge in [-0.1, -0.05) is 25.5 Å². The summed E-state index contributed by atoms with van der Waals surface area (Å²) in [6, 6.07) is 7.55. The van der Waals surface area contributed by atoms with Gasteiger partial charge in [-0.3, -0.25) is 4.79 Å². The number of carboxylic acid groups (broad SMARTS) is 1. The summed E-state index contributed by atoms with van der Waals surface area (Å²) in [7, 11) is 0. The lowest BCUT2D eigenvalue weighted by molar-refractivity contribution is -0.143. The van der Waals surface area contributed by atoms with Gasteiger partial charge in [0.15, 0.2) is 0 Å². The predicted molar refractivity (Wildman–Crippen MR) is 74.6 cm³/mol. The number of hydrogen-bond acceptors (Lipinski definition) is 4. The maximum Gasteiger partial charge on any atom is 0.329 e. The third kappa shape index (κ3) is 7.99. The standard InChI is InChI=1S/C13H17NO4.CH2O/c1-2-3-10-4-6-11(7-5-10)14-12(15)8-18-9-13(16)17;1-2/h4-7H,2-3,8-9H2,1H3,(H,14,15)(H,16,17);1H2. The van der Waals surface area contributed by atoms with Crippen LogP contribution in [-0.2, 0) is 25.5 Å². The Bertz CT molecular complexity index is 416. The van der Waals surface area contributed by atoms with E-state index in [1.165, 1.54) is 5.56 Å². The van der Waals surface area contributed by atoms with Crippen LogP contribution in [0.1, 0.15) is 18.9 Å². The van der Waals surface area contributed by atoms with E-state index in [1.54, 1.807) is 0 Å². The molecule has 110 valence electrons. The normalized spacial score (nSPS) is 9.25. The average molecular weight is 281 g/mol. The quantitative estimate of drug-likeness (QED) is 0.790. The molecule has 0 saturated carbocycles. The molecule has 0 saturated heterocycles. The Kier molecular flexibility index (Phi) is 9.51. The van der Waals surface area contributed by atoms with E-state index < -0.39 is 12.6 Å². The molecule has 20 heavy (non-hydrogen) atoms. The molecule has 6 nitrogen and oxygen atoms in total. The lowest BCUT2D eigenvalue weighted by Crippen LogP contribution is -2.20. The molecule has 1 aromatic carbocycles. The number of amides is 1. The number of rotatable bonds is 7. The van der Waals surface area contributed by atoms with Crippen LogP contribution in [0, 0.1) is 0 Å². The SMILES string of the molecule is C=O.CCCc1ccc(NC(=O)COCC(=O)O)cc1. The Balaban J connectivity index is 0.00000172. The minimum atomic E-state index is -1.09. The fraction of sp³-hybridized carbons (Fsp3) is 0.357. The van der Waals surface area contributed by atoms with Crippen LogP contribution in [0.5, 0.6) is 0 Å². The molecular weight excluding hydrogens is 262 g/mol. The van der Waals surface area contributed by atoms with Crippen molar-refractivity contribution in [1.29, 1.82) is 0 Å². The Morgan fingerprint density at radius 1 is 1.20 bits per heavy atom. The van der Waals surface area contributed by atoms with E-state index in [1.807, 2.05) is 31.1 Å². The number of anilines is 1. The zero-order valence-corrected chi connectivity index (χ0v) is 11.4. The Morgan fingerprint density at radius 2 is 1.80 bits per heavy atom. The second-order valence-electron chi connectivity index (χ2n) is 3.88. The zero-order valence-electron chi connectivity index (χ0n) is 11.4. The fourth-order valence-corrected chi connectivity index (χ4v) is 1.47. The van der Waals surface area contributed by atoms with Crippen LogP contribution in [0.3, 0.4) is 0 Å². The van der Waals surface area contributed by atoms with E-state index in [2.05, 4.69) is 17.0 Å². The van der Waals surface area contributed by atoms with Gasteiger partial charge in [0, 0.05) is 5.69 Å². The van der Waals surface area contributed by atoms with E-state index in [9.17, 15) is 9.59 Å². The van der Waals surface area contributed by atoms with Crippen molar-refractivity contribution < 1.29 is 24.2 Å². The number of benzene rings is 1. The first kappa shape index (κ1) is 17.8. The molecule has 1 rings (SSSR count). The number of carbonyl (C=O) groups is 3. The minimum absolute atomic E-state index is 0.261. The molecule has 0 bridgehead atoms. The second-order valence-corrected chi connectivity index (χ2v) is 3.88. The summed E-state index contributed by atoms with van der Waals surface area (Å²) in [4.78, 5) is 29.6. The van der Waals surface area contributed by atoms with Gasteiger partial charge in [-0.05, 0) is 24.1 Å². The molecule has 0 unspecified atom stereocenters. The first-order valence-electron chi connectivity index (χ1n) is 6.09. The molecule has 6 heteroatoms.